The fraction of sp³-hybridized carbons (Fsp3) is 0.0720. The van der Waals surface area contributed by atoms with Gasteiger partial charge in [-0.2, -0.15) is 0 Å². The first-order chi connectivity index (χ1) is 63.2. The molecule has 0 saturated carbocycles. The molecule has 0 fully saturated rings. The summed E-state index contributed by atoms with van der Waals surface area (Å²) in [6.45, 7) is 20.7. The number of hydrogen-bond donors (Lipinski definition) is 0. The summed E-state index contributed by atoms with van der Waals surface area (Å²) < 4.78 is 0. The molecule has 614 valence electrons. The Hall–Kier alpha value is -15.9. The van der Waals surface area contributed by atoms with Crippen LogP contribution in [0.4, 0.5) is 68.2 Å². The minimum absolute atomic E-state index is 1.09. The molecule has 23 rings (SSSR count). The molecule has 0 atom stereocenters. The second kappa shape index (κ2) is 31.4. The molecule has 1 aliphatic rings. The van der Waals surface area contributed by atoms with Crippen molar-refractivity contribution in [1.29, 1.82) is 0 Å². The molecule has 0 saturated heterocycles. The first-order valence-corrected chi connectivity index (χ1v) is 45.1. The number of fused-ring (bicyclic) bond motifs is 2. The predicted molar refractivity (Wildman–Crippen MR) is 552 cm³/mol. The first kappa shape index (κ1) is 77.9. The van der Waals surface area contributed by atoms with Gasteiger partial charge in [-0.1, -0.05) is 322 Å². The third-order valence-electron chi connectivity index (χ3n) is 27.8. The second-order valence-electron chi connectivity index (χ2n) is 35.4. The monoisotopic (exact) mass is 1650 g/mol. The van der Waals surface area contributed by atoms with Crippen LogP contribution < -0.4 is 19.6 Å². The second-order valence-corrected chi connectivity index (χ2v) is 35.4. The van der Waals surface area contributed by atoms with Gasteiger partial charge in [-0.3, -0.25) is 0 Å². The van der Waals surface area contributed by atoms with Gasteiger partial charge in [0.15, 0.2) is 0 Å². The number of anilines is 12. The first-order valence-electron chi connectivity index (χ1n) is 45.1. The molecule has 0 N–H and O–H groups in total. The minimum atomic E-state index is 1.09. The van der Waals surface area contributed by atoms with Gasteiger partial charge in [0.2, 0.25) is 0 Å². The number of aryl methyl sites for hydroxylation is 6. The van der Waals surface area contributed by atoms with Crippen LogP contribution in [0.3, 0.4) is 0 Å². The molecule has 1 aliphatic heterocycles. The van der Waals surface area contributed by atoms with Crippen LogP contribution in [-0.2, 0) is 0 Å². The molecule has 129 heavy (non-hydrogen) atoms. The van der Waals surface area contributed by atoms with Crippen LogP contribution in [0.25, 0.3) is 154 Å². The van der Waals surface area contributed by atoms with Crippen molar-refractivity contribution in [2.24, 2.45) is 0 Å². The van der Waals surface area contributed by atoms with Gasteiger partial charge in [0.25, 0.3) is 0 Å². The zero-order valence-electron chi connectivity index (χ0n) is 74.0. The van der Waals surface area contributed by atoms with E-state index >= 15 is 0 Å². The Bertz CT molecular complexity index is 8180. The number of para-hydroxylation sites is 1. The standard InChI is InChI=1S/C125H94N4/c1-77-49-52-95(86-33-16-10-17-34-86)73-115(77)126(109-47-29-45-101(83(109)7)90-41-24-14-25-42-90)111-65-58-92-56-63-104-112(66-59-93-55-62-103(111)119(92)120(93)104)127(110-48-30-46-102(84(110)8)91-43-26-15-27-44-91)118-76-99(89-39-22-13-23-40-89)71-106(85(118)9)100-69-82(6)125-108(72-100)107-70-98-61-67-113(128(124-80(4)31-28-32-81(124)5)116-74-96(53-50-78(116)2)87-35-18-11-19-36-87)105-64-57-94-60-68-114(123(107)122(94)121(98)105)129(125)117-75-97(54-51-79(117)3)88-37-20-12-21-38-88/h10-76H,1-9H3. The van der Waals surface area contributed by atoms with E-state index in [0.717, 1.165) is 95.6 Å². The van der Waals surface area contributed by atoms with Crippen LogP contribution >= 0.6 is 0 Å². The molecule has 1 heterocycles. The molecule has 0 aromatic heterocycles. The molecule has 22 aromatic carbocycles. The maximum absolute atomic E-state index is 2.63. The smallest absolute Gasteiger partial charge is 0.0570 e. The number of hydrogen-bond acceptors (Lipinski definition) is 4. The molecular formula is C125H94N4. The van der Waals surface area contributed by atoms with Gasteiger partial charge in [0.05, 0.1) is 39.8 Å². The maximum Gasteiger partial charge on any atom is 0.0570 e. The van der Waals surface area contributed by atoms with Gasteiger partial charge in [-0.25, -0.2) is 0 Å². The van der Waals surface area contributed by atoms with E-state index in [-0.39, 0.29) is 0 Å². The molecule has 4 nitrogen and oxygen atoms in total. The summed E-state index contributed by atoms with van der Waals surface area (Å²) in [5, 5.41) is 14.5. The highest BCUT2D eigenvalue weighted by molar-refractivity contribution is 6.34. The lowest BCUT2D eigenvalue weighted by molar-refractivity contribution is 1.21. The summed E-state index contributed by atoms with van der Waals surface area (Å²) in [6, 6.07) is 153. The lowest BCUT2D eigenvalue weighted by Crippen LogP contribution is -2.18. The average molecular weight is 1650 g/mol. The van der Waals surface area contributed by atoms with Gasteiger partial charge in [0, 0.05) is 60.9 Å². The van der Waals surface area contributed by atoms with E-state index in [1.807, 2.05) is 0 Å². The van der Waals surface area contributed by atoms with E-state index < -0.39 is 0 Å². The Balaban J connectivity index is 0.765. The molecular weight excluding hydrogens is 1560 g/mol. The zero-order chi connectivity index (χ0) is 87.0. The highest BCUT2D eigenvalue weighted by Crippen LogP contribution is 2.60. The van der Waals surface area contributed by atoms with E-state index in [2.05, 4.69) is 488 Å². The largest absolute Gasteiger partial charge is 0.309 e. The summed E-state index contributed by atoms with van der Waals surface area (Å²) in [7, 11) is 0. The molecule has 0 spiro atoms. The van der Waals surface area contributed by atoms with Crippen LogP contribution in [-0.4, -0.2) is 0 Å². The maximum atomic E-state index is 2.63. The summed E-state index contributed by atoms with van der Waals surface area (Å²) in [6.07, 6.45) is 0. The van der Waals surface area contributed by atoms with Crippen molar-refractivity contribution in [3.05, 3.63) is 457 Å². The average Bonchev–Trinajstić information content (AvgIpc) is 0.698. The molecule has 0 aliphatic carbocycles. The van der Waals surface area contributed by atoms with Crippen LogP contribution in [0, 0.1) is 62.3 Å². The molecule has 0 amide bonds. The fourth-order valence-electron chi connectivity index (χ4n) is 21.4. The Morgan fingerprint density at radius 3 is 1.05 bits per heavy atom. The van der Waals surface area contributed by atoms with Gasteiger partial charge >= 0.3 is 0 Å². The Labute approximate surface area is 755 Å². The van der Waals surface area contributed by atoms with Crippen LogP contribution in [0.1, 0.15) is 50.1 Å². The normalized spacial score (nSPS) is 11.9. The van der Waals surface area contributed by atoms with E-state index in [1.165, 1.54) is 176 Å². The van der Waals surface area contributed by atoms with E-state index in [1.54, 1.807) is 0 Å². The van der Waals surface area contributed by atoms with Crippen LogP contribution in [0.15, 0.2) is 406 Å². The van der Waals surface area contributed by atoms with Gasteiger partial charge < -0.3 is 19.6 Å². The van der Waals surface area contributed by atoms with E-state index in [4.69, 9.17) is 0 Å². The van der Waals surface area contributed by atoms with Crippen molar-refractivity contribution < 1.29 is 0 Å². The Kier molecular flexibility index (Phi) is 18.9. The van der Waals surface area contributed by atoms with E-state index in [0.29, 0.717) is 0 Å². The van der Waals surface area contributed by atoms with Crippen LogP contribution in [0.2, 0.25) is 0 Å². The predicted octanol–water partition coefficient (Wildman–Crippen LogP) is 35.8. The summed E-state index contributed by atoms with van der Waals surface area (Å²) in [4.78, 5) is 10.4. The summed E-state index contributed by atoms with van der Waals surface area (Å²) in [5.41, 5.74) is 43.1. The minimum Gasteiger partial charge on any atom is -0.309 e. The Morgan fingerprint density at radius 2 is 0.550 bits per heavy atom. The highest BCUT2D eigenvalue weighted by Gasteiger charge is 2.35. The quantitative estimate of drug-likeness (QED) is 0.0843. The van der Waals surface area contributed by atoms with Crippen molar-refractivity contribution >= 4 is 133 Å². The number of rotatable bonds is 17. The lowest BCUT2D eigenvalue weighted by Gasteiger charge is -2.37. The van der Waals surface area contributed by atoms with Gasteiger partial charge in [0.1, 0.15) is 0 Å². The molecule has 0 radical (unpaired) electrons. The molecule has 0 unspecified atom stereocenters. The lowest BCUT2D eigenvalue weighted by atomic mass is 9.82. The fourth-order valence-corrected chi connectivity index (χ4v) is 21.4. The molecule has 22 aromatic rings. The number of nitrogens with zero attached hydrogens (tertiary/aromatic N) is 4. The van der Waals surface area contributed by atoms with Crippen molar-refractivity contribution in [3.63, 3.8) is 0 Å². The van der Waals surface area contributed by atoms with Crippen LogP contribution in [0.5, 0.6) is 0 Å². The number of benzene rings is 22. The van der Waals surface area contributed by atoms with Gasteiger partial charge in [-0.05, 0) is 318 Å². The zero-order valence-corrected chi connectivity index (χ0v) is 74.0. The molecule has 4 heteroatoms. The highest BCUT2D eigenvalue weighted by atomic mass is 15.2. The summed E-state index contributed by atoms with van der Waals surface area (Å²) >= 11 is 0. The summed E-state index contributed by atoms with van der Waals surface area (Å²) in [5.74, 6) is 0. The third kappa shape index (κ3) is 12.9. The molecule has 0 bridgehead atoms. The van der Waals surface area contributed by atoms with Gasteiger partial charge in [-0.15, -0.1) is 0 Å². The third-order valence-corrected chi connectivity index (χ3v) is 27.8. The Morgan fingerprint density at radius 1 is 0.171 bits per heavy atom. The van der Waals surface area contributed by atoms with Crippen molar-refractivity contribution in [1.82, 2.24) is 0 Å². The van der Waals surface area contributed by atoms with E-state index in [9.17, 15) is 0 Å². The topological polar surface area (TPSA) is 13.0 Å². The van der Waals surface area contributed by atoms with Crippen molar-refractivity contribution in [3.8, 4) is 89.0 Å². The SMILES string of the molecule is Cc1ccc(-c2ccccc2)cc1N(c1cccc(-c2ccccc2)c1C)c1ccc2ccc3c(N(c4cccc(-c5ccccc5)c4C)c4cc(-c5ccccc5)cc(-c5cc(C)c6c(c5)-c5cc7ccc(N(c8cc(-c9ccccc9)ccc8C)c8c(C)cccc8C)c8ccc9ccc(c5c9c78)N6c5cc(-c6ccccc6)ccc5C)c4C)ccc4ccc1c2c43. The van der Waals surface area contributed by atoms with Crippen molar-refractivity contribution in [2.45, 2.75) is 62.3 Å². The van der Waals surface area contributed by atoms with Crippen molar-refractivity contribution in [2.75, 3.05) is 19.6 Å².